The second kappa shape index (κ2) is 7.07. The molecule has 0 aromatic heterocycles. The number of aliphatic hydroxyl groups excluding tert-OH is 4. The van der Waals surface area contributed by atoms with Gasteiger partial charge in [-0.1, -0.05) is 47.5 Å². The van der Waals surface area contributed by atoms with Gasteiger partial charge in [0.15, 0.2) is 0 Å². The molecular formula is C21H23ClO6. The van der Waals surface area contributed by atoms with Gasteiger partial charge in [0.1, 0.15) is 23.9 Å². The SMILES string of the molecule is Cc1ccc(Cc2cc([C@]34OC[C@](CO)(O3)[C@@H](O)[C@H](O)[C@H]4O)ccc2Cl)cc1. The van der Waals surface area contributed by atoms with Crippen LogP contribution >= 0.6 is 11.6 Å². The minimum Gasteiger partial charge on any atom is -0.393 e. The average Bonchev–Trinajstić information content (AvgIpc) is 3.08. The molecular weight excluding hydrogens is 384 g/mol. The maximum absolute atomic E-state index is 10.7. The summed E-state index contributed by atoms with van der Waals surface area (Å²) in [5, 5.41) is 41.6. The lowest BCUT2D eigenvalue weighted by atomic mass is 9.83. The molecule has 2 bridgehead atoms. The first-order valence-corrected chi connectivity index (χ1v) is 9.53. The van der Waals surface area contributed by atoms with Crippen LogP contribution in [0.5, 0.6) is 0 Å². The molecule has 2 aromatic carbocycles. The van der Waals surface area contributed by atoms with Gasteiger partial charge in [0.2, 0.25) is 5.79 Å². The molecule has 0 unspecified atom stereocenters. The summed E-state index contributed by atoms with van der Waals surface area (Å²) in [6.45, 7) is 1.31. The van der Waals surface area contributed by atoms with Crippen LogP contribution in [0.1, 0.15) is 22.3 Å². The van der Waals surface area contributed by atoms with E-state index >= 15 is 0 Å². The van der Waals surface area contributed by atoms with E-state index in [9.17, 15) is 20.4 Å². The van der Waals surface area contributed by atoms with Crippen LogP contribution in [0.2, 0.25) is 5.02 Å². The first-order chi connectivity index (χ1) is 13.3. The van der Waals surface area contributed by atoms with Crippen molar-refractivity contribution >= 4 is 11.6 Å². The smallest absolute Gasteiger partial charge is 0.225 e. The molecule has 0 saturated carbocycles. The molecule has 28 heavy (non-hydrogen) atoms. The minimum atomic E-state index is -1.69. The van der Waals surface area contributed by atoms with Crippen molar-refractivity contribution in [2.24, 2.45) is 0 Å². The lowest BCUT2D eigenvalue weighted by molar-refractivity contribution is -0.329. The highest BCUT2D eigenvalue weighted by Gasteiger charge is 2.67. The fourth-order valence-electron chi connectivity index (χ4n) is 3.93. The fourth-order valence-corrected chi connectivity index (χ4v) is 4.11. The van der Waals surface area contributed by atoms with Gasteiger partial charge in [-0.25, -0.2) is 0 Å². The van der Waals surface area contributed by atoms with Crippen LogP contribution in [0.25, 0.3) is 0 Å². The average molecular weight is 407 g/mol. The Labute approximate surface area is 167 Å². The highest BCUT2D eigenvalue weighted by Crippen LogP contribution is 2.49. The number of fused-ring (bicyclic) bond motifs is 2. The van der Waals surface area contributed by atoms with Crippen LogP contribution in [0.4, 0.5) is 0 Å². The summed E-state index contributed by atoms with van der Waals surface area (Å²) in [5.41, 5.74) is 2.01. The molecule has 2 fully saturated rings. The van der Waals surface area contributed by atoms with Gasteiger partial charge in [-0.05, 0) is 36.6 Å². The van der Waals surface area contributed by atoms with Crippen molar-refractivity contribution in [3.63, 3.8) is 0 Å². The van der Waals surface area contributed by atoms with Gasteiger partial charge >= 0.3 is 0 Å². The second-order valence-corrected chi connectivity index (χ2v) is 8.04. The maximum atomic E-state index is 10.7. The van der Waals surface area contributed by atoms with Gasteiger partial charge in [-0.2, -0.15) is 0 Å². The molecule has 7 heteroatoms. The molecule has 2 aliphatic heterocycles. The van der Waals surface area contributed by atoms with E-state index in [0.717, 1.165) is 16.7 Å². The molecule has 6 nitrogen and oxygen atoms in total. The molecule has 2 heterocycles. The summed E-state index contributed by atoms with van der Waals surface area (Å²) in [5.74, 6) is -1.69. The van der Waals surface area contributed by atoms with Crippen molar-refractivity contribution in [2.45, 2.75) is 43.0 Å². The van der Waals surface area contributed by atoms with Gasteiger partial charge in [0.25, 0.3) is 0 Å². The predicted octanol–water partition coefficient (Wildman–Crippen LogP) is 1.27. The van der Waals surface area contributed by atoms with Crippen molar-refractivity contribution in [1.29, 1.82) is 0 Å². The predicted molar refractivity (Wildman–Crippen MR) is 102 cm³/mol. The van der Waals surface area contributed by atoms with Crippen LogP contribution in [0, 0.1) is 6.92 Å². The number of rotatable bonds is 4. The first kappa shape index (κ1) is 19.8. The number of halogens is 1. The quantitative estimate of drug-likeness (QED) is 0.610. The Kier molecular flexibility index (Phi) is 5.00. The van der Waals surface area contributed by atoms with E-state index in [-0.39, 0.29) is 6.61 Å². The van der Waals surface area contributed by atoms with Crippen LogP contribution in [0.3, 0.4) is 0 Å². The van der Waals surface area contributed by atoms with Crippen LogP contribution in [-0.4, -0.2) is 57.6 Å². The van der Waals surface area contributed by atoms with Gasteiger partial charge < -0.3 is 29.9 Å². The normalized spacial score (nSPS) is 34.6. The summed E-state index contributed by atoms with van der Waals surface area (Å²) in [7, 11) is 0. The summed E-state index contributed by atoms with van der Waals surface area (Å²) in [6, 6.07) is 13.2. The summed E-state index contributed by atoms with van der Waals surface area (Å²) >= 11 is 6.38. The molecule has 0 spiro atoms. The highest BCUT2D eigenvalue weighted by molar-refractivity contribution is 6.31. The molecule has 150 valence electrons. The molecule has 2 aliphatic rings. The van der Waals surface area contributed by atoms with Crippen molar-refractivity contribution in [3.05, 3.63) is 69.7 Å². The lowest BCUT2D eigenvalue weighted by Crippen LogP contribution is -2.65. The molecule has 2 saturated heterocycles. The molecule has 4 rings (SSSR count). The number of benzene rings is 2. The summed E-state index contributed by atoms with van der Waals surface area (Å²) < 4.78 is 11.7. The Balaban J connectivity index is 1.72. The number of hydrogen-bond acceptors (Lipinski definition) is 6. The Morgan fingerprint density at radius 2 is 1.79 bits per heavy atom. The standard InChI is InChI=1S/C21H23ClO6/c1-12-2-4-13(5-3-12)8-14-9-15(6-7-16(14)22)21-19(26)17(24)18(25)20(10-23,28-21)11-27-21/h2-7,9,17-19,23-26H,8,10-11H2,1H3/t17-,18-,19+,20-,21-/m0/s1. The highest BCUT2D eigenvalue weighted by atomic mass is 35.5. The number of aryl methyl sites for hydroxylation is 1. The lowest BCUT2D eigenvalue weighted by Gasteiger charge is -2.46. The second-order valence-electron chi connectivity index (χ2n) is 7.63. The Morgan fingerprint density at radius 1 is 1.07 bits per heavy atom. The third-order valence-electron chi connectivity index (χ3n) is 5.69. The third-order valence-corrected chi connectivity index (χ3v) is 6.06. The van der Waals surface area contributed by atoms with E-state index < -0.39 is 36.3 Å². The monoisotopic (exact) mass is 406 g/mol. The summed E-state index contributed by atoms with van der Waals surface area (Å²) in [6.07, 6.45) is -3.96. The van der Waals surface area contributed by atoms with E-state index in [1.165, 1.54) is 0 Å². The minimum absolute atomic E-state index is 0.158. The zero-order valence-electron chi connectivity index (χ0n) is 15.4. The number of ether oxygens (including phenoxy) is 2. The molecule has 0 amide bonds. The van der Waals surface area contributed by atoms with E-state index in [1.54, 1.807) is 18.2 Å². The van der Waals surface area contributed by atoms with Gasteiger partial charge in [-0.15, -0.1) is 0 Å². The molecule has 0 radical (unpaired) electrons. The molecule has 2 aromatic rings. The van der Waals surface area contributed by atoms with Crippen molar-refractivity contribution in [3.8, 4) is 0 Å². The third kappa shape index (κ3) is 2.97. The zero-order chi connectivity index (χ0) is 20.1. The van der Waals surface area contributed by atoms with Crippen molar-refractivity contribution in [1.82, 2.24) is 0 Å². The fraction of sp³-hybridized carbons (Fsp3) is 0.429. The van der Waals surface area contributed by atoms with Crippen LogP contribution in [-0.2, 0) is 21.7 Å². The topological polar surface area (TPSA) is 99.4 Å². The van der Waals surface area contributed by atoms with E-state index in [2.05, 4.69) is 0 Å². The Bertz CT molecular complexity index is 872. The van der Waals surface area contributed by atoms with E-state index in [4.69, 9.17) is 21.1 Å². The number of aliphatic hydroxyl groups is 4. The molecule has 0 aliphatic carbocycles. The molecule has 5 atom stereocenters. The first-order valence-electron chi connectivity index (χ1n) is 9.15. The molecule has 4 N–H and O–H groups in total. The van der Waals surface area contributed by atoms with E-state index in [1.807, 2.05) is 31.2 Å². The zero-order valence-corrected chi connectivity index (χ0v) is 16.1. The van der Waals surface area contributed by atoms with Gasteiger partial charge in [0, 0.05) is 10.6 Å². The van der Waals surface area contributed by atoms with Crippen molar-refractivity contribution < 1.29 is 29.9 Å². The maximum Gasteiger partial charge on any atom is 0.225 e. The van der Waals surface area contributed by atoms with Crippen molar-refractivity contribution in [2.75, 3.05) is 13.2 Å². The van der Waals surface area contributed by atoms with Crippen LogP contribution < -0.4 is 0 Å². The van der Waals surface area contributed by atoms with Gasteiger partial charge in [0.05, 0.1) is 13.2 Å². The number of hydrogen-bond donors (Lipinski definition) is 4. The Morgan fingerprint density at radius 3 is 2.46 bits per heavy atom. The van der Waals surface area contributed by atoms with Crippen LogP contribution in [0.15, 0.2) is 42.5 Å². The summed E-state index contributed by atoms with van der Waals surface area (Å²) in [4.78, 5) is 0. The largest absolute Gasteiger partial charge is 0.393 e. The van der Waals surface area contributed by atoms with Gasteiger partial charge in [-0.3, -0.25) is 0 Å². The van der Waals surface area contributed by atoms with E-state index in [0.29, 0.717) is 17.0 Å². The Hall–Kier alpha value is -1.51.